The average Bonchev–Trinajstić information content (AvgIpc) is 3.04. The number of para-hydroxylation sites is 1. The SMILES string of the molecule is CCCCC1SC(c2cccc(Oc3ccccc3)c2)N(C(CC)C(=O)O)C1=O. The van der Waals surface area contributed by atoms with E-state index in [-0.39, 0.29) is 16.5 Å². The smallest absolute Gasteiger partial charge is 0.326 e. The summed E-state index contributed by atoms with van der Waals surface area (Å²) in [5.41, 5.74) is 0.885. The van der Waals surface area contributed by atoms with Crippen LogP contribution in [-0.2, 0) is 9.59 Å². The number of ether oxygens (including phenoxy) is 1. The minimum Gasteiger partial charge on any atom is -0.480 e. The molecule has 0 aromatic heterocycles. The highest BCUT2D eigenvalue weighted by Crippen LogP contribution is 2.47. The van der Waals surface area contributed by atoms with Gasteiger partial charge >= 0.3 is 5.97 Å². The van der Waals surface area contributed by atoms with Crippen LogP contribution < -0.4 is 4.74 Å². The lowest BCUT2D eigenvalue weighted by molar-refractivity contribution is -0.150. The van der Waals surface area contributed by atoms with Crippen LogP contribution in [0.5, 0.6) is 11.5 Å². The molecule has 3 rings (SSSR count). The van der Waals surface area contributed by atoms with E-state index in [0.29, 0.717) is 12.2 Å². The number of carboxylic acids is 1. The maximum atomic E-state index is 13.1. The third-order valence-electron chi connectivity index (χ3n) is 5.03. The van der Waals surface area contributed by atoms with Gasteiger partial charge < -0.3 is 14.7 Å². The summed E-state index contributed by atoms with van der Waals surface area (Å²) in [5.74, 6) is 0.368. The Bertz CT molecular complexity index is 842. The predicted octanol–water partition coefficient (Wildman–Crippen LogP) is 5.47. The highest BCUT2D eigenvalue weighted by molar-refractivity contribution is 8.01. The summed E-state index contributed by atoms with van der Waals surface area (Å²) in [6.07, 6.45) is 3.10. The zero-order valence-corrected chi connectivity index (χ0v) is 17.6. The van der Waals surface area contributed by atoms with Gasteiger partial charge in [-0.1, -0.05) is 57.0 Å². The number of rotatable bonds is 9. The van der Waals surface area contributed by atoms with E-state index in [0.717, 1.165) is 30.6 Å². The van der Waals surface area contributed by atoms with Crippen molar-refractivity contribution in [1.29, 1.82) is 0 Å². The summed E-state index contributed by atoms with van der Waals surface area (Å²) >= 11 is 1.55. The maximum absolute atomic E-state index is 13.1. The van der Waals surface area contributed by atoms with E-state index < -0.39 is 12.0 Å². The molecule has 0 aliphatic carbocycles. The van der Waals surface area contributed by atoms with Crippen LogP contribution in [-0.4, -0.2) is 33.2 Å². The Kier molecular flexibility index (Phi) is 7.20. The highest BCUT2D eigenvalue weighted by Gasteiger charge is 2.45. The molecular weight excluding hydrogens is 386 g/mol. The fourth-order valence-electron chi connectivity index (χ4n) is 3.54. The third kappa shape index (κ3) is 4.93. The minimum atomic E-state index is -0.959. The minimum absolute atomic E-state index is 0.0721. The van der Waals surface area contributed by atoms with Gasteiger partial charge in [-0.25, -0.2) is 4.79 Å². The highest BCUT2D eigenvalue weighted by atomic mass is 32.2. The van der Waals surface area contributed by atoms with Crippen LogP contribution in [0.3, 0.4) is 0 Å². The number of unbranched alkanes of at least 4 members (excludes halogenated alkanes) is 1. The van der Waals surface area contributed by atoms with Gasteiger partial charge in [0.2, 0.25) is 5.91 Å². The summed E-state index contributed by atoms with van der Waals surface area (Å²) in [5, 5.41) is 9.17. The first-order valence-electron chi connectivity index (χ1n) is 10.1. The van der Waals surface area contributed by atoms with Crippen molar-refractivity contribution in [3.63, 3.8) is 0 Å². The van der Waals surface area contributed by atoms with E-state index in [2.05, 4.69) is 6.92 Å². The Hall–Kier alpha value is -2.47. The Labute approximate surface area is 176 Å². The van der Waals surface area contributed by atoms with Crippen LogP contribution in [0.4, 0.5) is 0 Å². The van der Waals surface area contributed by atoms with Crippen molar-refractivity contribution in [3.8, 4) is 11.5 Å². The van der Waals surface area contributed by atoms with E-state index in [4.69, 9.17) is 4.74 Å². The Morgan fingerprint density at radius 2 is 1.86 bits per heavy atom. The van der Waals surface area contributed by atoms with E-state index in [1.165, 1.54) is 0 Å². The number of aliphatic carboxylic acids is 1. The molecule has 1 fully saturated rings. The average molecular weight is 414 g/mol. The van der Waals surface area contributed by atoms with Crippen molar-refractivity contribution < 1.29 is 19.4 Å². The molecule has 1 amide bonds. The fourth-order valence-corrected chi connectivity index (χ4v) is 5.08. The van der Waals surface area contributed by atoms with Crippen LogP contribution in [0, 0.1) is 0 Å². The molecule has 2 aromatic rings. The van der Waals surface area contributed by atoms with E-state index in [1.807, 2.05) is 61.5 Å². The van der Waals surface area contributed by atoms with Gasteiger partial charge in [-0.15, -0.1) is 11.8 Å². The lowest BCUT2D eigenvalue weighted by Crippen LogP contribution is -2.44. The van der Waals surface area contributed by atoms with Gasteiger partial charge in [0.1, 0.15) is 22.9 Å². The van der Waals surface area contributed by atoms with Gasteiger partial charge in [0.25, 0.3) is 0 Å². The number of benzene rings is 2. The second-order valence-electron chi connectivity index (χ2n) is 7.11. The molecule has 0 radical (unpaired) electrons. The van der Waals surface area contributed by atoms with Gasteiger partial charge in [-0.3, -0.25) is 4.79 Å². The molecule has 3 unspecified atom stereocenters. The number of hydrogen-bond acceptors (Lipinski definition) is 4. The zero-order chi connectivity index (χ0) is 20.8. The Morgan fingerprint density at radius 1 is 1.14 bits per heavy atom. The number of nitrogens with zero attached hydrogens (tertiary/aromatic N) is 1. The largest absolute Gasteiger partial charge is 0.480 e. The summed E-state index contributed by atoms with van der Waals surface area (Å²) in [6, 6.07) is 16.3. The number of amides is 1. The molecular formula is C23H27NO4S. The second kappa shape index (κ2) is 9.83. The first-order valence-corrected chi connectivity index (χ1v) is 11.0. The molecule has 1 N–H and O–H groups in total. The topological polar surface area (TPSA) is 66.8 Å². The standard InChI is InChI=1S/C23H27NO4S/c1-3-5-14-20-21(25)24(19(4-2)23(26)27)22(29-20)16-10-9-13-18(15-16)28-17-11-7-6-8-12-17/h6-13,15,19-20,22H,3-5,14H2,1-2H3,(H,26,27). The molecule has 1 heterocycles. The lowest BCUT2D eigenvalue weighted by Gasteiger charge is -2.29. The molecule has 0 bridgehead atoms. The first kappa shape index (κ1) is 21.2. The zero-order valence-electron chi connectivity index (χ0n) is 16.8. The quantitative estimate of drug-likeness (QED) is 0.590. The molecule has 0 saturated carbocycles. The third-order valence-corrected chi connectivity index (χ3v) is 6.55. The molecule has 0 spiro atoms. The van der Waals surface area contributed by atoms with Gasteiger partial charge in [0, 0.05) is 0 Å². The number of carbonyl (C=O) groups is 2. The summed E-state index contributed by atoms with van der Waals surface area (Å²) in [6.45, 7) is 3.90. The van der Waals surface area contributed by atoms with Gasteiger partial charge in [-0.2, -0.15) is 0 Å². The molecule has 2 aromatic carbocycles. The monoisotopic (exact) mass is 413 g/mol. The number of carbonyl (C=O) groups excluding carboxylic acids is 1. The van der Waals surface area contributed by atoms with Gasteiger partial charge in [-0.05, 0) is 42.7 Å². The van der Waals surface area contributed by atoms with Crippen LogP contribution in [0.2, 0.25) is 0 Å². The van der Waals surface area contributed by atoms with Crippen LogP contribution in [0.1, 0.15) is 50.5 Å². The van der Waals surface area contributed by atoms with E-state index >= 15 is 0 Å². The molecule has 3 atom stereocenters. The first-order chi connectivity index (χ1) is 14.0. The molecule has 5 nitrogen and oxygen atoms in total. The van der Waals surface area contributed by atoms with E-state index in [1.54, 1.807) is 16.7 Å². The summed E-state index contributed by atoms with van der Waals surface area (Å²) < 4.78 is 5.94. The van der Waals surface area contributed by atoms with Crippen molar-refractivity contribution in [2.24, 2.45) is 0 Å². The summed E-state index contributed by atoms with van der Waals surface area (Å²) in [4.78, 5) is 26.5. The summed E-state index contributed by atoms with van der Waals surface area (Å²) in [7, 11) is 0. The van der Waals surface area contributed by atoms with Crippen LogP contribution >= 0.6 is 11.8 Å². The van der Waals surface area contributed by atoms with Crippen molar-refractivity contribution in [2.45, 2.75) is 56.2 Å². The molecule has 1 aliphatic heterocycles. The van der Waals surface area contributed by atoms with E-state index in [9.17, 15) is 14.7 Å². The molecule has 6 heteroatoms. The number of hydrogen-bond donors (Lipinski definition) is 1. The fraction of sp³-hybridized carbons (Fsp3) is 0.391. The van der Waals surface area contributed by atoms with Gasteiger partial charge in [0.15, 0.2) is 0 Å². The van der Waals surface area contributed by atoms with Crippen molar-refractivity contribution in [3.05, 3.63) is 60.2 Å². The van der Waals surface area contributed by atoms with Gasteiger partial charge in [0.05, 0.1) is 5.25 Å². The van der Waals surface area contributed by atoms with Crippen molar-refractivity contribution in [1.82, 2.24) is 4.90 Å². The van der Waals surface area contributed by atoms with Crippen LogP contribution in [0.15, 0.2) is 54.6 Å². The van der Waals surface area contributed by atoms with Crippen molar-refractivity contribution >= 4 is 23.6 Å². The normalized spacial score (nSPS) is 19.9. The molecule has 154 valence electrons. The number of carboxylic acid groups (broad SMARTS) is 1. The molecule has 29 heavy (non-hydrogen) atoms. The lowest BCUT2D eigenvalue weighted by atomic mass is 10.1. The Morgan fingerprint density at radius 3 is 2.52 bits per heavy atom. The molecule has 1 saturated heterocycles. The maximum Gasteiger partial charge on any atom is 0.326 e. The predicted molar refractivity (Wildman–Crippen MR) is 115 cm³/mol. The number of thioether (sulfide) groups is 1. The Balaban J connectivity index is 1.90. The molecule has 1 aliphatic rings. The van der Waals surface area contributed by atoms with Crippen molar-refractivity contribution in [2.75, 3.05) is 0 Å². The second-order valence-corrected chi connectivity index (χ2v) is 8.40. The van der Waals surface area contributed by atoms with Crippen LogP contribution in [0.25, 0.3) is 0 Å².